The van der Waals surface area contributed by atoms with Crippen LogP contribution >= 0.6 is 0 Å². The second-order valence-corrected chi connectivity index (χ2v) is 8.28. The van der Waals surface area contributed by atoms with Crippen molar-refractivity contribution in [1.82, 2.24) is 15.5 Å². The number of hydrogen-bond donors (Lipinski definition) is 2. The van der Waals surface area contributed by atoms with E-state index in [0.29, 0.717) is 19.4 Å². The van der Waals surface area contributed by atoms with E-state index < -0.39 is 5.54 Å². The van der Waals surface area contributed by atoms with Crippen LogP contribution in [0.3, 0.4) is 0 Å². The molecule has 0 saturated carbocycles. The number of hydrogen-bond acceptors (Lipinski definition) is 3. The number of rotatable bonds is 5. The van der Waals surface area contributed by atoms with Gasteiger partial charge >= 0.3 is 6.03 Å². The Labute approximate surface area is 134 Å². The zero-order valence-corrected chi connectivity index (χ0v) is 14.7. The number of imide groups is 1. The molecule has 0 aromatic carbocycles. The Bertz CT molecular complexity index is 441. The fourth-order valence-electron chi connectivity index (χ4n) is 4.39. The van der Waals surface area contributed by atoms with Gasteiger partial charge in [-0.3, -0.25) is 9.69 Å². The molecule has 0 aromatic rings. The zero-order chi connectivity index (χ0) is 16.6. The fourth-order valence-corrected chi connectivity index (χ4v) is 4.39. The summed E-state index contributed by atoms with van der Waals surface area (Å²) in [5.41, 5.74) is -1.09. The van der Waals surface area contributed by atoms with Gasteiger partial charge in [0.05, 0.1) is 0 Å². The second-order valence-electron chi connectivity index (χ2n) is 8.28. The van der Waals surface area contributed by atoms with Crippen LogP contribution in [0.2, 0.25) is 0 Å². The van der Waals surface area contributed by atoms with Crippen LogP contribution in [0, 0.1) is 0 Å². The Kier molecular flexibility index (Phi) is 4.58. The highest BCUT2D eigenvalue weighted by molar-refractivity contribution is 6.07. The molecule has 2 heterocycles. The molecule has 0 aromatic heterocycles. The average molecular weight is 309 g/mol. The maximum atomic E-state index is 12.9. The molecular formula is C17H31N3O2. The van der Waals surface area contributed by atoms with Gasteiger partial charge in [0.25, 0.3) is 5.91 Å². The third-order valence-corrected chi connectivity index (χ3v) is 4.65. The van der Waals surface area contributed by atoms with Crippen molar-refractivity contribution >= 4 is 11.9 Å². The Balaban J connectivity index is 2.12. The average Bonchev–Trinajstić information content (AvgIpc) is 2.53. The number of nitrogens with one attached hydrogen (secondary N) is 2. The number of carbonyl (C=O) groups excluding carboxylic acids is 2. The SMILES string of the molecule is CCCCCCN1C(=O)NC2(CC(C)(C)NC(C)(C)C2)C1=O. The summed E-state index contributed by atoms with van der Waals surface area (Å²) in [4.78, 5) is 26.7. The highest BCUT2D eigenvalue weighted by Gasteiger charge is 2.58. The Morgan fingerprint density at radius 2 is 1.59 bits per heavy atom. The van der Waals surface area contributed by atoms with E-state index in [2.05, 4.69) is 45.3 Å². The number of carbonyl (C=O) groups is 2. The minimum Gasteiger partial charge on any atom is -0.323 e. The molecule has 5 nitrogen and oxygen atoms in total. The van der Waals surface area contributed by atoms with Gasteiger partial charge < -0.3 is 10.6 Å². The predicted molar refractivity (Wildman–Crippen MR) is 87.6 cm³/mol. The zero-order valence-electron chi connectivity index (χ0n) is 14.7. The highest BCUT2D eigenvalue weighted by atomic mass is 16.2. The molecule has 2 aliphatic rings. The van der Waals surface area contributed by atoms with Crippen LogP contribution in [0.15, 0.2) is 0 Å². The molecule has 22 heavy (non-hydrogen) atoms. The van der Waals surface area contributed by atoms with Crippen LogP contribution in [0.4, 0.5) is 4.79 Å². The summed E-state index contributed by atoms with van der Waals surface area (Å²) in [5, 5.41) is 6.59. The molecule has 5 heteroatoms. The molecule has 3 amide bonds. The number of amides is 3. The van der Waals surface area contributed by atoms with E-state index in [9.17, 15) is 9.59 Å². The molecule has 0 atom stereocenters. The van der Waals surface area contributed by atoms with Crippen molar-refractivity contribution in [3.05, 3.63) is 0 Å². The summed E-state index contributed by atoms with van der Waals surface area (Å²) >= 11 is 0. The minimum atomic E-state index is -0.736. The van der Waals surface area contributed by atoms with E-state index in [4.69, 9.17) is 0 Å². The first kappa shape index (κ1) is 17.3. The van der Waals surface area contributed by atoms with Crippen LogP contribution in [0.5, 0.6) is 0 Å². The number of unbranched alkanes of at least 4 members (excludes halogenated alkanes) is 3. The van der Waals surface area contributed by atoms with Gasteiger partial charge in [-0.15, -0.1) is 0 Å². The number of urea groups is 1. The summed E-state index contributed by atoms with van der Waals surface area (Å²) in [6.07, 6.45) is 5.54. The lowest BCUT2D eigenvalue weighted by atomic mass is 9.71. The quantitative estimate of drug-likeness (QED) is 0.606. The van der Waals surface area contributed by atoms with E-state index in [1.54, 1.807) is 0 Å². The lowest BCUT2D eigenvalue weighted by molar-refractivity contribution is -0.134. The maximum Gasteiger partial charge on any atom is 0.325 e. The van der Waals surface area contributed by atoms with Crippen LogP contribution in [0.25, 0.3) is 0 Å². The number of piperidine rings is 1. The third kappa shape index (κ3) is 3.45. The van der Waals surface area contributed by atoms with Gasteiger partial charge in [-0.2, -0.15) is 0 Å². The summed E-state index contributed by atoms with van der Waals surface area (Å²) in [5.74, 6) is -0.0309. The van der Waals surface area contributed by atoms with Crippen LogP contribution in [-0.4, -0.2) is 40.0 Å². The van der Waals surface area contributed by atoms with Crippen molar-refractivity contribution in [1.29, 1.82) is 0 Å². The van der Waals surface area contributed by atoms with Crippen molar-refractivity contribution in [2.45, 2.75) is 89.8 Å². The maximum absolute atomic E-state index is 12.9. The van der Waals surface area contributed by atoms with Gasteiger partial charge in [0.2, 0.25) is 0 Å². The van der Waals surface area contributed by atoms with Gasteiger partial charge in [0, 0.05) is 17.6 Å². The summed E-state index contributed by atoms with van der Waals surface area (Å²) in [7, 11) is 0. The van der Waals surface area contributed by atoms with Crippen LogP contribution < -0.4 is 10.6 Å². The van der Waals surface area contributed by atoms with Crippen LogP contribution in [0.1, 0.15) is 73.1 Å². The smallest absolute Gasteiger partial charge is 0.323 e. The van der Waals surface area contributed by atoms with E-state index in [1.807, 2.05) is 0 Å². The molecule has 2 N–H and O–H groups in total. The Morgan fingerprint density at radius 3 is 2.14 bits per heavy atom. The fraction of sp³-hybridized carbons (Fsp3) is 0.882. The van der Waals surface area contributed by atoms with Crippen molar-refractivity contribution in [3.8, 4) is 0 Å². The van der Waals surface area contributed by atoms with Gasteiger partial charge in [0.15, 0.2) is 0 Å². The molecule has 2 aliphatic heterocycles. The first-order valence-corrected chi connectivity index (χ1v) is 8.54. The molecular weight excluding hydrogens is 278 g/mol. The van der Waals surface area contributed by atoms with E-state index in [-0.39, 0.29) is 23.0 Å². The molecule has 126 valence electrons. The molecule has 0 aliphatic carbocycles. The largest absolute Gasteiger partial charge is 0.325 e. The summed E-state index contributed by atoms with van der Waals surface area (Å²) < 4.78 is 0. The van der Waals surface area contributed by atoms with Crippen molar-refractivity contribution in [2.24, 2.45) is 0 Å². The monoisotopic (exact) mass is 309 g/mol. The lowest BCUT2D eigenvalue weighted by Crippen LogP contribution is -2.68. The van der Waals surface area contributed by atoms with E-state index in [1.165, 1.54) is 4.90 Å². The lowest BCUT2D eigenvalue weighted by Gasteiger charge is -2.50. The summed E-state index contributed by atoms with van der Waals surface area (Å²) in [6, 6.07) is -0.213. The minimum absolute atomic E-state index is 0.0309. The molecule has 2 rings (SSSR count). The Morgan fingerprint density at radius 1 is 1.00 bits per heavy atom. The summed E-state index contributed by atoms with van der Waals surface area (Å²) in [6.45, 7) is 11.1. The van der Waals surface area contributed by atoms with Gasteiger partial charge in [0.1, 0.15) is 5.54 Å². The molecule has 0 bridgehead atoms. The van der Waals surface area contributed by atoms with Crippen molar-refractivity contribution in [2.75, 3.05) is 6.54 Å². The first-order chi connectivity index (χ1) is 10.1. The van der Waals surface area contributed by atoms with Gasteiger partial charge in [-0.1, -0.05) is 26.2 Å². The molecule has 0 radical (unpaired) electrons. The third-order valence-electron chi connectivity index (χ3n) is 4.65. The standard InChI is InChI=1S/C17H31N3O2/c1-6-7-8-9-10-20-13(21)17(18-14(20)22)11-15(2,3)19-16(4,5)12-17/h19H,6-12H2,1-5H3,(H,18,22). The van der Waals surface area contributed by atoms with E-state index >= 15 is 0 Å². The topological polar surface area (TPSA) is 61.4 Å². The normalized spacial score (nSPS) is 25.6. The molecule has 1 spiro atoms. The first-order valence-electron chi connectivity index (χ1n) is 8.54. The van der Waals surface area contributed by atoms with Gasteiger partial charge in [-0.05, 0) is 47.0 Å². The van der Waals surface area contributed by atoms with Gasteiger partial charge in [-0.25, -0.2) is 4.79 Å². The second kappa shape index (κ2) is 5.84. The Hall–Kier alpha value is -1.10. The molecule has 0 unspecified atom stereocenters. The van der Waals surface area contributed by atoms with Crippen LogP contribution in [-0.2, 0) is 4.79 Å². The number of nitrogens with zero attached hydrogens (tertiary/aromatic N) is 1. The highest BCUT2D eigenvalue weighted by Crippen LogP contribution is 2.39. The molecule has 2 fully saturated rings. The molecule has 2 saturated heterocycles. The van der Waals surface area contributed by atoms with Crippen molar-refractivity contribution < 1.29 is 9.59 Å². The predicted octanol–water partition coefficient (Wildman–Crippen LogP) is 2.80. The van der Waals surface area contributed by atoms with E-state index in [0.717, 1.165) is 25.7 Å². The van der Waals surface area contributed by atoms with Crippen molar-refractivity contribution in [3.63, 3.8) is 0 Å².